The van der Waals surface area contributed by atoms with Crippen molar-refractivity contribution in [1.82, 2.24) is 5.32 Å². The number of aliphatic hydroxyl groups excluding tert-OH is 1. The maximum absolute atomic E-state index is 12.0. The van der Waals surface area contributed by atoms with Gasteiger partial charge in [0, 0.05) is 6.42 Å². The van der Waals surface area contributed by atoms with Gasteiger partial charge in [0.25, 0.3) is 0 Å². The minimum atomic E-state index is -0.480. The standard InChI is InChI=1S/C17H21NO3/c1-12-5-6-14(13(2)10-12)7-8-17(20)18-15(11-19)16-4-3-9-21-16/h3-6,9-10,15,19H,7-8,11H2,1-2H3,(H,18,20). The van der Waals surface area contributed by atoms with Gasteiger partial charge in [0.05, 0.1) is 12.9 Å². The minimum absolute atomic E-state index is 0.0922. The van der Waals surface area contributed by atoms with E-state index in [1.54, 1.807) is 12.1 Å². The Hall–Kier alpha value is -2.07. The fourth-order valence-corrected chi connectivity index (χ4v) is 2.34. The molecule has 4 heteroatoms. The van der Waals surface area contributed by atoms with Crippen LogP contribution in [0, 0.1) is 13.8 Å². The van der Waals surface area contributed by atoms with Crippen molar-refractivity contribution in [2.24, 2.45) is 0 Å². The van der Waals surface area contributed by atoms with Crippen LogP contribution in [0.3, 0.4) is 0 Å². The van der Waals surface area contributed by atoms with Gasteiger partial charge in [0.1, 0.15) is 11.8 Å². The van der Waals surface area contributed by atoms with Crippen molar-refractivity contribution in [1.29, 1.82) is 0 Å². The Labute approximate surface area is 124 Å². The second-order valence-electron chi connectivity index (χ2n) is 5.25. The second-order valence-corrected chi connectivity index (χ2v) is 5.25. The number of rotatable bonds is 6. The van der Waals surface area contributed by atoms with Gasteiger partial charge < -0.3 is 14.8 Å². The third-order valence-corrected chi connectivity index (χ3v) is 3.52. The van der Waals surface area contributed by atoms with E-state index < -0.39 is 6.04 Å². The van der Waals surface area contributed by atoms with Crippen molar-refractivity contribution in [2.75, 3.05) is 6.61 Å². The van der Waals surface area contributed by atoms with E-state index in [1.165, 1.54) is 23.0 Å². The van der Waals surface area contributed by atoms with Gasteiger partial charge in [-0.1, -0.05) is 23.8 Å². The Morgan fingerprint density at radius 3 is 2.76 bits per heavy atom. The highest BCUT2D eigenvalue weighted by Gasteiger charge is 2.16. The van der Waals surface area contributed by atoms with E-state index in [2.05, 4.69) is 37.4 Å². The van der Waals surface area contributed by atoms with Gasteiger partial charge in [-0.3, -0.25) is 4.79 Å². The average molecular weight is 287 g/mol. The second kappa shape index (κ2) is 7.09. The molecule has 1 aromatic heterocycles. The number of aliphatic hydroxyl groups is 1. The van der Waals surface area contributed by atoms with Gasteiger partial charge in [0.2, 0.25) is 5.91 Å². The monoisotopic (exact) mass is 287 g/mol. The maximum atomic E-state index is 12.0. The van der Waals surface area contributed by atoms with E-state index >= 15 is 0 Å². The van der Waals surface area contributed by atoms with Crippen LogP contribution in [0.2, 0.25) is 0 Å². The maximum Gasteiger partial charge on any atom is 0.220 e. The summed E-state index contributed by atoms with van der Waals surface area (Å²) in [4.78, 5) is 12.0. The Balaban J connectivity index is 1.89. The molecule has 2 aromatic rings. The lowest BCUT2D eigenvalue weighted by molar-refractivity contribution is -0.122. The Kier molecular flexibility index (Phi) is 5.17. The highest BCUT2D eigenvalue weighted by Crippen LogP contribution is 2.15. The molecule has 112 valence electrons. The van der Waals surface area contributed by atoms with Crippen LogP contribution >= 0.6 is 0 Å². The number of nitrogens with one attached hydrogen (secondary N) is 1. The summed E-state index contributed by atoms with van der Waals surface area (Å²) >= 11 is 0. The summed E-state index contributed by atoms with van der Waals surface area (Å²) in [6.07, 6.45) is 2.61. The van der Waals surface area contributed by atoms with Gasteiger partial charge in [-0.15, -0.1) is 0 Å². The number of benzene rings is 1. The summed E-state index contributed by atoms with van der Waals surface area (Å²) in [5.41, 5.74) is 3.60. The number of aryl methyl sites for hydroxylation is 3. The Morgan fingerprint density at radius 2 is 2.14 bits per heavy atom. The van der Waals surface area contributed by atoms with Gasteiger partial charge in [0.15, 0.2) is 0 Å². The molecule has 1 unspecified atom stereocenters. The first-order chi connectivity index (χ1) is 10.1. The zero-order valence-electron chi connectivity index (χ0n) is 12.4. The van der Waals surface area contributed by atoms with Gasteiger partial charge in [-0.25, -0.2) is 0 Å². The minimum Gasteiger partial charge on any atom is -0.467 e. The lowest BCUT2D eigenvalue weighted by Gasteiger charge is -2.14. The number of carbonyl (C=O) groups is 1. The van der Waals surface area contributed by atoms with Crippen molar-refractivity contribution in [3.05, 3.63) is 59.0 Å². The summed E-state index contributed by atoms with van der Waals surface area (Å²) in [5.74, 6) is 0.475. The Bertz CT molecular complexity index is 590. The van der Waals surface area contributed by atoms with Crippen molar-refractivity contribution in [3.8, 4) is 0 Å². The predicted octanol–water partition coefficient (Wildman–Crippen LogP) is 2.68. The third-order valence-electron chi connectivity index (χ3n) is 3.52. The molecule has 1 heterocycles. The topological polar surface area (TPSA) is 62.5 Å². The molecule has 0 aliphatic rings. The lowest BCUT2D eigenvalue weighted by Crippen LogP contribution is -2.30. The zero-order valence-corrected chi connectivity index (χ0v) is 12.4. The molecule has 21 heavy (non-hydrogen) atoms. The highest BCUT2D eigenvalue weighted by molar-refractivity contribution is 5.76. The van der Waals surface area contributed by atoms with E-state index in [0.717, 1.165) is 0 Å². The van der Waals surface area contributed by atoms with Crippen LogP contribution in [-0.2, 0) is 11.2 Å². The van der Waals surface area contributed by atoms with Gasteiger partial charge in [-0.05, 0) is 43.5 Å². The number of amides is 1. The molecule has 0 bridgehead atoms. The van der Waals surface area contributed by atoms with E-state index in [4.69, 9.17) is 4.42 Å². The third kappa shape index (κ3) is 4.20. The molecule has 0 fully saturated rings. The summed E-state index contributed by atoms with van der Waals surface area (Å²) in [6.45, 7) is 3.93. The Morgan fingerprint density at radius 1 is 1.33 bits per heavy atom. The van der Waals surface area contributed by atoms with Crippen LogP contribution in [0.5, 0.6) is 0 Å². The van der Waals surface area contributed by atoms with Gasteiger partial charge in [-0.2, -0.15) is 0 Å². The average Bonchev–Trinajstić information content (AvgIpc) is 2.98. The molecule has 4 nitrogen and oxygen atoms in total. The molecular formula is C17H21NO3. The first-order valence-electron chi connectivity index (χ1n) is 7.10. The summed E-state index contributed by atoms with van der Waals surface area (Å²) < 4.78 is 5.21. The van der Waals surface area contributed by atoms with Crippen LogP contribution in [0.25, 0.3) is 0 Å². The van der Waals surface area contributed by atoms with Crippen LogP contribution in [-0.4, -0.2) is 17.6 Å². The first-order valence-corrected chi connectivity index (χ1v) is 7.10. The highest BCUT2D eigenvalue weighted by atomic mass is 16.3. The van der Waals surface area contributed by atoms with Crippen molar-refractivity contribution in [3.63, 3.8) is 0 Å². The number of carbonyl (C=O) groups excluding carboxylic acids is 1. The zero-order chi connectivity index (χ0) is 15.2. The molecule has 0 aliphatic heterocycles. The number of hydrogen-bond acceptors (Lipinski definition) is 3. The molecule has 1 aromatic carbocycles. The van der Waals surface area contributed by atoms with Crippen molar-refractivity contribution < 1.29 is 14.3 Å². The van der Waals surface area contributed by atoms with Gasteiger partial charge >= 0.3 is 0 Å². The summed E-state index contributed by atoms with van der Waals surface area (Å²) in [7, 11) is 0. The fourth-order valence-electron chi connectivity index (χ4n) is 2.34. The molecule has 0 radical (unpaired) electrons. The number of hydrogen-bond donors (Lipinski definition) is 2. The van der Waals surface area contributed by atoms with E-state index in [1.807, 2.05) is 0 Å². The molecule has 0 aliphatic carbocycles. The van der Waals surface area contributed by atoms with Crippen molar-refractivity contribution in [2.45, 2.75) is 32.7 Å². The summed E-state index contributed by atoms with van der Waals surface area (Å²) in [6, 6.07) is 9.23. The largest absolute Gasteiger partial charge is 0.467 e. The normalized spacial score (nSPS) is 12.1. The van der Waals surface area contributed by atoms with Crippen molar-refractivity contribution >= 4 is 5.91 Å². The van der Waals surface area contributed by atoms with E-state index in [0.29, 0.717) is 18.6 Å². The molecule has 1 amide bonds. The first kappa shape index (κ1) is 15.3. The SMILES string of the molecule is Cc1ccc(CCC(=O)NC(CO)c2ccco2)c(C)c1. The van der Waals surface area contributed by atoms with E-state index in [9.17, 15) is 9.90 Å². The molecule has 0 saturated heterocycles. The molecule has 0 saturated carbocycles. The van der Waals surface area contributed by atoms with Crippen LogP contribution < -0.4 is 5.32 Å². The predicted molar refractivity (Wildman–Crippen MR) is 80.9 cm³/mol. The molecule has 2 rings (SSSR count). The van der Waals surface area contributed by atoms with Crippen LogP contribution in [0.1, 0.15) is 34.9 Å². The van der Waals surface area contributed by atoms with Crippen LogP contribution in [0.4, 0.5) is 0 Å². The summed E-state index contributed by atoms with van der Waals surface area (Å²) in [5, 5.41) is 12.1. The molecular weight excluding hydrogens is 266 g/mol. The molecule has 2 N–H and O–H groups in total. The molecule has 1 atom stereocenters. The fraction of sp³-hybridized carbons (Fsp3) is 0.353. The van der Waals surface area contributed by atoms with Crippen LogP contribution in [0.15, 0.2) is 41.0 Å². The quantitative estimate of drug-likeness (QED) is 0.858. The molecule has 0 spiro atoms. The van der Waals surface area contributed by atoms with E-state index in [-0.39, 0.29) is 12.5 Å². The smallest absolute Gasteiger partial charge is 0.220 e. The lowest BCUT2D eigenvalue weighted by atomic mass is 10.0. The number of furan rings is 1.